The summed E-state index contributed by atoms with van der Waals surface area (Å²) in [5.74, 6) is 0. The smallest absolute Gasteiger partial charge is 0.0771 e. The zero-order valence-electron chi connectivity index (χ0n) is 13.2. The molecule has 1 aromatic rings. The van der Waals surface area contributed by atoms with Crippen molar-refractivity contribution in [2.24, 2.45) is 0 Å². The second-order valence-corrected chi connectivity index (χ2v) is 12.3. The maximum absolute atomic E-state index is 2.48. The molecule has 19 heavy (non-hydrogen) atoms. The molecule has 0 amide bonds. The van der Waals surface area contributed by atoms with Crippen LogP contribution in [0.5, 0.6) is 0 Å². The van der Waals surface area contributed by atoms with Crippen LogP contribution in [-0.4, -0.2) is 8.07 Å². The molecule has 0 atom stereocenters. The molecule has 0 aromatic heterocycles. The van der Waals surface area contributed by atoms with Crippen LogP contribution < -0.4 is 0 Å². The van der Waals surface area contributed by atoms with Gasteiger partial charge in [0.2, 0.25) is 0 Å². The Kier molecular flexibility index (Phi) is 3.61. The van der Waals surface area contributed by atoms with Gasteiger partial charge in [0.1, 0.15) is 0 Å². The van der Waals surface area contributed by atoms with Crippen molar-refractivity contribution in [2.75, 3.05) is 0 Å². The molecule has 1 heteroatoms. The third-order valence-corrected chi connectivity index (χ3v) is 6.44. The molecule has 1 aromatic carbocycles. The molecule has 0 bridgehead atoms. The Balaban J connectivity index is 2.36. The van der Waals surface area contributed by atoms with Gasteiger partial charge in [-0.2, -0.15) is 0 Å². The van der Waals surface area contributed by atoms with E-state index in [1.807, 2.05) is 0 Å². The van der Waals surface area contributed by atoms with Crippen LogP contribution in [0.2, 0.25) is 19.6 Å². The summed E-state index contributed by atoms with van der Waals surface area (Å²) in [6.07, 6.45) is 6.07. The third kappa shape index (κ3) is 2.76. The maximum Gasteiger partial charge on any atom is 0.0771 e. The Morgan fingerprint density at radius 2 is 1.68 bits per heavy atom. The Hall–Kier alpha value is -1.08. The van der Waals surface area contributed by atoms with Crippen LogP contribution in [0, 0.1) is 6.92 Å². The topological polar surface area (TPSA) is 0 Å². The highest BCUT2D eigenvalue weighted by molar-refractivity contribution is 6.83. The minimum atomic E-state index is -1.17. The van der Waals surface area contributed by atoms with Gasteiger partial charge in [0.05, 0.1) is 8.07 Å². The Morgan fingerprint density at radius 1 is 1.05 bits per heavy atom. The van der Waals surface area contributed by atoms with E-state index in [2.05, 4.69) is 76.8 Å². The van der Waals surface area contributed by atoms with Crippen molar-refractivity contribution in [1.82, 2.24) is 0 Å². The molecule has 2 rings (SSSR count). The number of hydrogen-bond acceptors (Lipinski definition) is 0. The Morgan fingerprint density at radius 3 is 2.21 bits per heavy atom. The van der Waals surface area contributed by atoms with Crippen LogP contribution in [0.4, 0.5) is 0 Å². The van der Waals surface area contributed by atoms with Gasteiger partial charge in [0.15, 0.2) is 0 Å². The number of benzene rings is 1. The van der Waals surface area contributed by atoms with E-state index in [1.54, 1.807) is 10.8 Å². The van der Waals surface area contributed by atoms with E-state index in [0.717, 1.165) is 6.42 Å². The fourth-order valence-electron chi connectivity index (χ4n) is 2.93. The van der Waals surface area contributed by atoms with Gasteiger partial charge in [-0.15, -0.1) is 0 Å². The predicted molar refractivity (Wildman–Crippen MR) is 88.3 cm³/mol. The SMILES string of the molecule is Cc1ccccc1C(C)(C)C1=CC([Si](C)(C)C)=CC1. The molecule has 0 unspecified atom stereocenters. The lowest BCUT2D eigenvalue weighted by Gasteiger charge is -2.29. The van der Waals surface area contributed by atoms with E-state index >= 15 is 0 Å². The van der Waals surface area contributed by atoms with Gasteiger partial charge in [-0.25, -0.2) is 0 Å². The standard InChI is InChI=1S/C18H26Si/c1-14-9-7-8-10-17(14)18(2,3)15-11-12-16(13-15)19(4,5)6/h7-10,12-13H,11H2,1-6H3. The molecule has 0 fully saturated rings. The van der Waals surface area contributed by atoms with Crippen LogP contribution in [0.1, 0.15) is 31.4 Å². The van der Waals surface area contributed by atoms with Gasteiger partial charge in [-0.1, -0.05) is 80.7 Å². The highest BCUT2D eigenvalue weighted by Gasteiger charge is 2.30. The summed E-state index contributed by atoms with van der Waals surface area (Å²) in [6.45, 7) is 14.2. The highest BCUT2D eigenvalue weighted by atomic mass is 28.3. The monoisotopic (exact) mass is 270 g/mol. The molecule has 102 valence electrons. The van der Waals surface area contributed by atoms with Gasteiger partial charge < -0.3 is 0 Å². The van der Waals surface area contributed by atoms with Crippen LogP contribution in [0.15, 0.2) is 47.2 Å². The largest absolute Gasteiger partial charge is 0.0812 e. The number of allylic oxidation sites excluding steroid dienone is 4. The van der Waals surface area contributed by atoms with Gasteiger partial charge in [0.25, 0.3) is 0 Å². The summed E-state index contributed by atoms with van der Waals surface area (Å²) in [4.78, 5) is 0. The molecule has 0 saturated heterocycles. The summed E-state index contributed by atoms with van der Waals surface area (Å²) >= 11 is 0. The summed E-state index contributed by atoms with van der Waals surface area (Å²) in [7, 11) is -1.17. The first-order valence-electron chi connectivity index (χ1n) is 7.21. The molecule has 0 radical (unpaired) electrons. The van der Waals surface area contributed by atoms with E-state index in [9.17, 15) is 0 Å². The van der Waals surface area contributed by atoms with Crippen molar-refractivity contribution in [3.8, 4) is 0 Å². The highest BCUT2D eigenvalue weighted by Crippen LogP contribution is 2.40. The Labute approximate surface area is 119 Å². The van der Waals surface area contributed by atoms with Crippen LogP contribution in [0.25, 0.3) is 0 Å². The summed E-state index contributed by atoms with van der Waals surface area (Å²) < 4.78 is 0. The number of aryl methyl sites for hydroxylation is 1. The average molecular weight is 270 g/mol. The molecule has 0 saturated carbocycles. The number of rotatable bonds is 3. The number of hydrogen-bond donors (Lipinski definition) is 0. The zero-order valence-corrected chi connectivity index (χ0v) is 14.2. The Bertz CT molecular complexity index is 539. The van der Waals surface area contributed by atoms with Crippen molar-refractivity contribution in [3.05, 3.63) is 58.3 Å². The fraction of sp³-hybridized carbons (Fsp3) is 0.444. The molecule has 0 nitrogen and oxygen atoms in total. The van der Waals surface area contributed by atoms with Crippen molar-refractivity contribution in [1.29, 1.82) is 0 Å². The minimum absolute atomic E-state index is 0.142. The van der Waals surface area contributed by atoms with Crippen molar-refractivity contribution >= 4 is 8.07 Å². The second kappa shape index (κ2) is 4.79. The van der Waals surface area contributed by atoms with Gasteiger partial charge >= 0.3 is 0 Å². The lowest BCUT2D eigenvalue weighted by molar-refractivity contribution is 0.609. The molecule has 0 N–H and O–H groups in total. The average Bonchev–Trinajstić information content (AvgIpc) is 2.78. The van der Waals surface area contributed by atoms with E-state index in [4.69, 9.17) is 0 Å². The molecular formula is C18H26Si. The van der Waals surface area contributed by atoms with Gasteiger partial charge in [-0.3, -0.25) is 0 Å². The molecule has 1 aliphatic rings. The van der Waals surface area contributed by atoms with Gasteiger partial charge in [-0.05, 0) is 24.5 Å². The fourth-order valence-corrected chi connectivity index (χ4v) is 4.25. The lowest BCUT2D eigenvalue weighted by Crippen LogP contribution is -2.23. The quantitative estimate of drug-likeness (QED) is 0.645. The summed E-state index contributed by atoms with van der Waals surface area (Å²) in [5.41, 5.74) is 4.57. The predicted octanol–water partition coefficient (Wildman–Crippen LogP) is 5.41. The molecule has 1 aliphatic carbocycles. The molecule has 0 spiro atoms. The third-order valence-electron chi connectivity index (χ3n) is 4.36. The minimum Gasteiger partial charge on any atom is -0.0812 e. The first-order valence-corrected chi connectivity index (χ1v) is 10.7. The van der Waals surface area contributed by atoms with Crippen LogP contribution in [-0.2, 0) is 5.41 Å². The normalized spacial score (nSPS) is 16.3. The molecule has 0 heterocycles. The first kappa shape index (κ1) is 14.3. The van der Waals surface area contributed by atoms with E-state index in [-0.39, 0.29) is 5.41 Å². The van der Waals surface area contributed by atoms with Crippen molar-refractivity contribution in [3.63, 3.8) is 0 Å². The van der Waals surface area contributed by atoms with Crippen molar-refractivity contribution in [2.45, 2.75) is 52.2 Å². The summed E-state index contributed by atoms with van der Waals surface area (Å²) in [6, 6.07) is 8.79. The maximum atomic E-state index is 2.48. The lowest BCUT2D eigenvalue weighted by atomic mass is 9.75. The molecule has 0 aliphatic heterocycles. The molecular weight excluding hydrogens is 244 g/mol. The summed E-state index contributed by atoms with van der Waals surface area (Å²) in [5, 5.41) is 1.61. The van der Waals surface area contributed by atoms with E-state index in [0.29, 0.717) is 0 Å². The van der Waals surface area contributed by atoms with E-state index < -0.39 is 8.07 Å². The van der Waals surface area contributed by atoms with Crippen LogP contribution in [0.3, 0.4) is 0 Å². The zero-order chi connectivity index (χ0) is 14.3. The van der Waals surface area contributed by atoms with Crippen LogP contribution >= 0.6 is 0 Å². The van der Waals surface area contributed by atoms with E-state index in [1.165, 1.54) is 11.1 Å². The first-order chi connectivity index (χ1) is 8.73. The van der Waals surface area contributed by atoms with Crippen molar-refractivity contribution < 1.29 is 0 Å². The second-order valence-electron chi connectivity index (χ2n) is 7.22. The van der Waals surface area contributed by atoms with Gasteiger partial charge in [0, 0.05) is 5.41 Å².